The van der Waals surface area contributed by atoms with Crippen LogP contribution in [0.25, 0.3) is 0 Å². The van der Waals surface area contributed by atoms with E-state index in [2.05, 4.69) is 5.32 Å². The Morgan fingerprint density at radius 3 is 2.40 bits per heavy atom. The molecule has 2 N–H and O–H groups in total. The Hall–Kier alpha value is -1.49. The van der Waals surface area contributed by atoms with E-state index in [1.54, 1.807) is 0 Å². The van der Waals surface area contributed by atoms with E-state index < -0.39 is 23.5 Å². The average molecular weight is 285 g/mol. The number of amides is 1. The van der Waals surface area contributed by atoms with Gasteiger partial charge >= 0.3 is 0 Å². The lowest BCUT2D eigenvalue weighted by Crippen LogP contribution is -2.37. The second kappa shape index (κ2) is 6.79. The zero-order valence-corrected chi connectivity index (χ0v) is 12.0. The molecule has 1 rings (SSSR count). The zero-order valence-electron chi connectivity index (χ0n) is 12.0. The summed E-state index contributed by atoms with van der Waals surface area (Å²) in [5, 5.41) is 11.6. The minimum absolute atomic E-state index is 0.0281. The molecule has 0 aromatic heterocycles. The Balaban J connectivity index is 2.73. The third kappa shape index (κ3) is 4.27. The Kier molecular flexibility index (Phi) is 5.62. The molecule has 20 heavy (non-hydrogen) atoms. The van der Waals surface area contributed by atoms with Gasteiger partial charge in [0.25, 0.3) is 0 Å². The number of nitrogens with one attached hydrogen (secondary N) is 1. The molecular weight excluding hydrogens is 264 g/mol. The van der Waals surface area contributed by atoms with Gasteiger partial charge in [0.1, 0.15) is 11.6 Å². The summed E-state index contributed by atoms with van der Waals surface area (Å²) in [6, 6.07) is 3.54. The van der Waals surface area contributed by atoms with Gasteiger partial charge in [-0.05, 0) is 30.9 Å². The quantitative estimate of drug-likeness (QED) is 0.844. The number of benzene rings is 1. The van der Waals surface area contributed by atoms with Crippen molar-refractivity contribution in [1.82, 2.24) is 5.32 Å². The molecule has 0 spiro atoms. The van der Waals surface area contributed by atoms with Crippen LogP contribution in [0, 0.1) is 17.0 Å². The number of carbonyl (C=O) groups excluding carboxylic acids is 1. The second-order valence-corrected chi connectivity index (χ2v) is 5.71. The van der Waals surface area contributed by atoms with Crippen molar-refractivity contribution in [3.8, 4) is 0 Å². The van der Waals surface area contributed by atoms with Crippen LogP contribution in [0.3, 0.4) is 0 Å². The molecule has 0 aliphatic carbocycles. The molecule has 1 unspecified atom stereocenters. The van der Waals surface area contributed by atoms with Gasteiger partial charge in [-0.1, -0.05) is 19.9 Å². The van der Waals surface area contributed by atoms with Gasteiger partial charge in [0.2, 0.25) is 5.91 Å². The molecule has 112 valence electrons. The molecule has 1 amide bonds. The highest BCUT2D eigenvalue weighted by Crippen LogP contribution is 2.23. The van der Waals surface area contributed by atoms with Crippen molar-refractivity contribution in [3.63, 3.8) is 0 Å². The first kappa shape index (κ1) is 16.6. The van der Waals surface area contributed by atoms with Crippen molar-refractivity contribution >= 4 is 5.91 Å². The van der Waals surface area contributed by atoms with Crippen LogP contribution in [0.4, 0.5) is 8.78 Å². The monoisotopic (exact) mass is 285 g/mol. The molecule has 0 aliphatic heterocycles. The van der Waals surface area contributed by atoms with Crippen molar-refractivity contribution in [3.05, 3.63) is 35.4 Å². The van der Waals surface area contributed by atoms with Crippen LogP contribution in [0.1, 0.15) is 38.7 Å². The largest absolute Gasteiger partial charge is 0.396 e. The van der Waals surface area contributed by atoms with Crippen molar-refractivity contribution < 1.29 is 18.7 Å². The summed E-state index contributed by atoms with van der Waals surface area (Å²) in [6.45, 7) is 5.64. The van der Waals surface area contributed by atoms with Crippen LogP contribution in [-0.2, 0) is 4.79 Å². The SMILES string of the molecule is CC(C(=O)NCC(C)(C)CCO)c1c(F)cccc1F. The third-order valence-electron chi connectivity index (χ3n) is 3.36. The summed E-state index contributed by atoms with van der Waals surface area (Å²) in [5.41, 5.74) is -0.484. The lowest BCUT2D eigenvalue weighted by atomic mass is 9.89. The maximum Gasteiger partial charge on any atom is 0.227 e. The molecule has 0 saturated carbocycles. The van der Waals surface area contributed by atoms with Gasteiger partial charge in [0, 0.05) is 18.7 Å². The summed E-state index contributed by atoms with van der Waals surface area (Å²) in [6.07, 6.45) is 0.537. The van der Waals surface area contributed by atoms with Crippen molar-refractivity contribution in [2.24, 2.45) is 5.41 Å². The van der Waals surface area contributed by atoms with Crippen molar-refractivity contribution in [2.75, 3.05) is 13.2 Å². The van der Waals surface area contributed by atoms with Crippen LogP contribution in [0.15, 0.2) is 18.2 Å². The number of aliphatic hydroxyl groups is 1. The number of halogens is 2. The van der Waals surface area contributed by atoms with Gasteiger partial charge in [-0.25, -0.2) is 8.78 Å². The number of hydrogen-bond donors (Lipinski definition) is 2. The first-order valence-corrected chi connectivity index (χ1v) is 6.61. The zero-order chi connectivity index (χ0) is 15.3. The second-order valence-electron chi connectivity index (χ2n) is 5.71. The van der Waals surface area contributed by atoms with E-state index >= 15 is 0 Å². The Morgan fingerprint density at radius 1 is 1.35 bits per heavy atom. The third-order valence-corrected chi connectivity index (χ3v) is 3.36. The van der Waals surface area contributed by atoms with Gasteiger partial charge < -0.3 is 10.4 Å². The standard InChI is InChI=1S/C15H21F2NO2/c1-10(13-11(16)5-4-6-12(13)17)14(20)18-9-15(2,3)7-8-19/h4-6,10,19H,7-9H2,1-3H3,(H,18,20). The molecule has 5 heteroatoms. The smallest absolute Gasteiger partial charge is 0.227 e. The summed E-state index contributed by atoms with van der Waals surface area (Å²) in [7, 11) is 0. The van der Waals surface area contributed by atoms with E-state index in [1.807, 2.05) is 13.8 Å². The maximum absolute atomic E-state index is 13.6. The Morgan fingerprint density at radius 2 is 1.90 bits per heavy atom. The predicted octanol–water partition coefficient (Wildman–Crippen LogP) is 2.59. The van der Waals surface area contributed by atoms with Gasteiger partial charge in [-0.2, -0.15) is 0 Å². The van der Waals surface area contributed by atoms with Crippen LogP contribution >= 0.6 is 0 Å². The first-order chi connectivity index (χ1) is 9.28. The van der Waals surface area contributed by atoms with Crippen LogP contribution < -0.4 is 5.32 Å². The maximum atomic E-state index is 13.6. The molecule has 1 aromatic carbocycles. The topological polar surface area (TPSA) is 49.3 Å². The summed E-state index contributed by atoms with van der Waals surface area (Å²) < 4.78 is 27.2. The van der Waals surface area contributed by atoms with Gasteiger partial charge in [0.05, 0.1) is 5.92 Å². The predicted molar refractivity (Wildman–Crippen MR) is 73.3 cm³/mol. The minimum atomic E-state index is -0.902. The van der Waals surface area contributed by atoms with E-state index in [0.717, 1.165) is 12.1 Å². The molecule has 0 heterocycles. The van der Waals surface area contributed by atoms with E-state index in [4.69, 9.17) is 5.11 Å². The molecule has 0 aliphatic rings. The van der Waals surface area contributed by atoms with E-state index in [9.17, 15) is 13.6 Å². The van der Waals surface area contributed by atoms with Gasteiger partial charge in [-0.15, -0.1) is 0 Å². The molecule has 0 radical (unpaired) electrons. The van der Waals surface area contributed by atoms with Crippen LogP contribution in [-0.4, -0.2) is 24.2 Å². The molecule has 1 aromatic rings. The van der Waals surface area contributed by atoms with E-state index in [1.165, 1.54) is 13.0 Å². The lowest BCUT2D eigenvalue weighted by Gasteiger charge is -2.25. The Labute approximate surface area is 118 Å². The highest BCUT2D eigenvalue weighted by molar-refractivity contribution is 5.83. The van der Waals surface area contributed by atoms with E-state index in [0.29, 0.717) is 13.0 Å². The molecule has 1 atom stereocenters. The first-order valence-electron chi connectivity index (χ1n) is 6.61. The van der Waals surface area contributed by atoms with Crippen molar-refractivity contribution in [1.29, 1.82) is 0 Å². The molecule has 0 bridgehead atoms. The fourth-order valence-electron chi connectivity index (χ4n) is 1.93. The normalized spacial score (nSPS) is 13.1. The van der Waals surface area contributed by atoms with E-state index in [-0.39, 0.29) is 17.6 Å². The lowest BCUT2D eigenvalue weighted by molar-refractivity contribution is -0.122. The number of hydrogen-bond acceptors (Lipinski definition) is 2. The van der Waals surface area contributed by atoms with Crippen LogP contribution in [0.2, 0.25) is 0 Å². The highest BCUT2D eigenvalue weighted by atomic mass is 19.1. The van der Waals surface area contributed by atoms with Crippen molar-refractivity contribution in [2.45, 2.75) is 33.1 Å². The summed E-state index contributed by atoms with van der Waals surface area (Å²) in [4.78, 5) is 12.0. The number of carbonyl (C=O) groups is 1. The fourth-order valence-corrected chi connectivity index (χ4v) is 1.93. The fraction of sp³-hybridized carbons (Fsp3) is 0.533. The van der Waals surface area contributed by atoms with Crippen LogP contribution in [0.5, 0.6) is 0 Å². The molecule has 0 fully saturated rings. The molecule has 0 saturated heterocycles. The van der Waals surface area contributed by atoms with Gasteiger partial charge in [0.15, 0.2) is 0 Å². The molecular formula is C15H21F2NO2. The Bertz CT molecular complexity index is 455. The highest BCUT2D eigenvalue weighted by Gasteiger charge is 2.24. The minimum Gasteiger partial charge on any atom is -0.396 e. The summed E-state index contributed by atoms with van der Waals surface area (Å²) >= 11 is 0. The van der Waals surface area contributed by atoms with Gasteiger partial charge in [-0.3, -0.25) is 4.79 Å². The molecule has 3 nitrogen and oxygen atoms in total. The summed E-state index contributed by atoms with van der Waals surface area (Å²) in [5.74, 6) is -2.77. The average Bonchev–Trinajstić information content (AvgIpc) is 2.35. The number of aliphatic hydroxyl groups excluding tert-OH is 1. The number of rotatable bonds is 6.